The van der Waals surface area contributed by atoms with Crippen LogP contribution in [0.3, 0.4) is 0 Å². The molecule has 1 amide bonds. The molecule has 1 aromatic carbocycles. The standard InChI is InChI=1S/C13H14N4OS/c1-8-12(18)17(13(19)14-8)7-6-11-15-9-4-2-3-5-10(9)16-11/h2-5,8H,6-7H2,1H3,(H,14,19)(H,15,16)/t8-/m1/s1. The van der Waals surface area contributed by atoms with Crippen molar-refractivity contribution in [3.05, 3.63) is 30.1 Å². The van der Waals surface area contributed by atoms with Crippen molar-refractivity contribution in [2.75, 3.05) is 6.54 Å². The van der Waals surface area contributed by atoms with Crippen LogP contribution in [-0.4, -0.2) is 38.5 Å². The number of aromatic amines is 1. The Hall–Kier alpha value is -1.95. The number of imidazole rings is 1. The summed E-state index contributed by atoms with van der Waals surface area (Å²) in [5.41, 5.74) is 1.96. The summed E-state index contributed by atoms with van der Waals surface area (Å²) in [6.45, 7) is 2.37. The number of hydrogen-bond donors (Lipinski definition) is 2. The average molecular weight is 274 g/mol. The minimum Gasteiger partial charge on any atom is -0.351 e. The molecule has 1 aliphatic rings. The van der Waals surface area contributed by atoms with Crippen LogP contribution in [0.25, 0.3) is 11.0 Å². The van der Waals surface area contributed by atoms with Crippen molar-refractivity contribution in [2.45, 2.75) is 19.4 Å². The Morgan fingerprint density at radius 1 is 1.42 bits per heavy atom. The van der Waals surface area contributed by atoms with E-state index in [0.29, 0.717) is 18.1 Å². The van der Waals surface area contributed by atoms with Gasteiger partial charge in [0.25, 0.3) is 5.91 Å². The highest BCUT2D eigenvalue weighted by molar-refractivity contribution is 7.80. The predicted octanol–water partition coefficient (Wildman–Crippen LogP) is 1.21. The van der Waals surface area contributed by atoms with Gasteiger partial charge in [-0.25, -0.2) is 4.98 Å². The van der Waals surface area contributed by atoms with Gasteiger partial charge in [0.15, 0.2) is 5.11 Å². The van der Waals surface area contributed by atoms with E-state index in [1.165, 1.54) is 0 Å². The number of nitrogens with one attached hydrogen (secondary N) is 2. The molecular weight excluding hydrogens is 260 g/mol. The van der Waals surface area contributed by atoms with Gasteiger partial charge in [0.05, 0.1) is 11.0 Å². The summed E-state index contributed by atoms with van der Waals surface area (Å²) < 4.78 is 0. The number of fused-ring (bicyclic) bond motifs is 1. The lowest BCUT2D eigenvalue weighted by Gasteiger charge is -2.13. The lowest BCUT2D eigenvalue weighted by molar-refractivity contribution is -0.126. The fraction of sp³-hybridized carbons (Fsp3) is 0.308. The highest BCUT2D eigenvalue weighted by Gasteiger charge is 2.31. The van der Waals surface area contributed by atoms with Crippen LogP contribution in [0.2, 0.25) is 0 Å². The number of amides is 1. The van der Waals surface area contributed by atoms with E-state index in [1.807, 2.05) is 31.2 Å². The molecule has 98 valence electrons. The van der Waals surface area contributed by atoms with Gasteiger partial charge < -0.3 is 10.3 Å². The fourth-order valence-electron chi connectivity index (χ4n) is 2.21. The summed E-state index contributed by atoms with van der Waals surface area (Å²) in [5, 5.41) is 3.46. The molecule has 1 aromatic heterocycles. The minimum atomic E-state index is -0.219. The third-order valence-corrected chi connectivity index (χ3v) is 3.57. The molecule has 1 aliphatic heterocycles. The zero-order valence-corrected chi connectivity index (χ0v) is 11.3. The molecule has 3 rings (SSSR count). The second-order valence-corrected chi connectivity index (χ2v) is 5.00. The first-order valence-electron chi connectivity index (χ1n) is 6.20. The number of hydrogen-bond acceptors (Lipinski definition) is 3. The second-order valence-electron chi connectivity index (χ2n) is 4.61. The van der Waals surface area contributed by atoms with Crippen molar-refractivity contribution in [2.24, 2.45) is 0 Å². The molecule has 1 fully saturated rings. The molecule has 0 radical (unpaired) electrons. The molecule has 0 aliphatic carbocycles. The molecule has 1 saturated heterocycles. The van der Waals surface area contributed by atoms with Crippen molar-refractivity contribution in [3.63, 3.8) is 0 Å². The van der Waals surface area contributed by atoms with Gasteiger partial charge in [0, 0.05) is 13.0 Å². The summed E-state index contributed by atoms with van der Waals surface area (Å²) in [4.78, 5) is 21.2. The maximum absolute atomic E-state index is 11.9. The van der Waals surface area contributed by atoms with Gasteiger partial charge in [-0.2, -0.15) is 0 Å². The van der Waals surface area contributed by atoms with E-state index >= 15 is 0 Å². The summed E-state index contributed by atoms with van der Waals surface area (Å²) in [6.07, 6.45) is 0.662. The third kappa shape index (κ3) is 2.19. The highest BCUT2D eigenvalue weighted by atomic mass is 32.1. The molecule has 0 bridgehead atoms. The molecule has 6 heteroatoms. The lowest BCUT2D eigenvalue weighted by atomic mass is 10.3. The van der Waals surface area contributed by atoms with E-state index in [0.717, 1.165) is 16.9 Å². The van der Waals surface area contributed by atoms with Crippen molar-refractivity contribution in [3.8, 4) is 0 Å². The predicted molar refractivity (Wildman–Crippen MR) is 76.7 cm³/mol. The van der Waals surface area contributed by atoms with E-state index in [4.69, 9.17) is 12.2 Å². The lowest BCUT2D eigenvalue weighted by Crippen LogP contribution is -2.33. The first-order valence-corrected chi connectivity index (χ1v) is 6.61. The number of thiocarbonyl (C=S) groups is 1. The van der Waals surface area contributed by atoms with Gasteiger partial charge in [-0.15, -0.1) is 0 Å². The molecule has 2 N–H and O–H groups in total. The van der Waals surface area contributed by atoms with Gasteiger partial charge >= 0.3 is 0 Å². The molecular formula is C13H14N4OS. The molecule has 2 aromatic rings. The number of carbonyl (C=O) groups is 1. The quantitative estimate of drug-likeness (QED) is 0.826. The third-order valence-electron chi connectivity index (χ3n) is 3.23. The smallest absolute Gasteiger partial charge is 0.251 e. The van der Waals surface area contributed by atoms with Crippen molar-refractivity contribution >= 4 is 34.3 Å². The van der Waals surface area contributed by atoms with E-state index in [9.17, 15) is 4.79 Å². The first-order chi connectivity index (χ1) is 9.15. The van der Waals surface area contributed by atoms with Crippen LogP contribution in [0.4, 0.5) is 0 Å². The SMILES string of the molecule is C[C@H]1NC(=S)N(CCc2nc3ccccc3[nH]2)C1=O. The van der Waals surface area contributed by atoms with Gasteiger partial charge in [0.2, 0.25) is 0 Å². The minimum absolute atomic E-state index is 0.0288. The molecule has 1 atom stereocenters. The van der Waals surface area contributed by atoms with Gasteiger partial charge in [0.1, 0.15) is 11.9 Å². The fourth-order valence-corrected chi connectivity index (χ4v) is 2.57. The van der Waals surface area contributed by atoms with Crippen LogP contribution in [-0.2, 0) is 11.2 Å². The van der Waals surface area contributed by atoms with Crippen molar-refractivity contribution in [1.82, 2.24) is 20.2 Å². The number of rotatable bonds is 3. The monoisotopic (exact) mass is 274 g/mol. The number of benzene rings is 1. The summed E-state index contributed by atoms with van der Waals surface area (Å²) in [7, 11) is 0. The zero-order chi connectivity index (χ0) is 13.4. The topological polar surface area (TPSA) is 61.0 Å². The summed E-state index contributed by atoms with van der Waals surface area (Å²) >= 11 is 5.14. The van der Waals surface area contributed by atoms with Gasteiger partial charge in [-0.05, 0) is 31.3 Å². The number of H-pyrrole nitrogens is 1. The molecule has 0 unspecified atom stereocenters. The van der Waals surface area contributed by atoms with E-state index in [-0.39, 0.29) is 11.9 Å². The zero-order valence-electron chi connectivity index (χ0n) is 10.5. The number of nitrogens with zero attached hydrogens (tertiary/aromatic N) is 2. The largest absolute Gasteiger partial charge is 0.351 e. The Balaban J connectivity index is 1.72. The molecule has 2 heterocycles. The van der Waals surface area contributed by atoms with Crippen LogP contribution in [0.1, 0.15) is 12.7 Å². The maximum atomic E-state index is 11.9. The van der Waals surface area contributed by atoms with Crippen LogP contribution < -0.4 is 5.32 Å². The van der Waals surface area contributed by atoms with E-state index < -0.39 is 0 Å². The van der Waals surface area contributed by atoms with Crippen LogP contribution >= 0.6 is 12.2 Å². The number of aromatic nitrogens is 2. The Labute approximate surface area is 116 Å². The van der Waals surface area contributed by atoms with Crippen LogP contribution in [0.5, 0.6) is 0 Å². The van der Waals surface area contributed by atoms with Crippen LogP contribution in [0.15, 0.2) is 24.3 Å². The molecule has 0 spiro atoms. The van der Waals surface area contributed by atoms with Gasteiger partial charge in [-0.3, -0.25) is 9.69 Å². The normalized spacial score (nSPS) is 19.2. The molecule has 19 heavy (non-hydrogen) atoms. The second kappa shape index (κ2) is 4.62. The average Bonchev–Trinajstić information content (AvgIpc) is 2.90. The molecule has 5 nitrogen and oxygen atoms in total. The Kier molecular flexibility index (Phi) is 2.94. The number of carbonyl (C=O) groups excluding carboxylic acids is 1. The van der Waals surface area contributed by atoms with Crippen molar-refractivity contribution < 1.29 is 4.79 Å². The van der Waals surface area contributed by atoms with Crippen LogP contribution in [0, 0.1) is 0 Å². The van der Waals surface area contributed by atoms with E-state index in [1.54, 1.807) is 4.90 Å². The number of para-hydroxylation sites is 2. The Morgan fingerprint density at radius 2 is 2.21 bits per heavy atom. The highest BCUT2D eigenvalue weighted by Crippen LogP contribution is 2.12. The van der Waals surface area contributed by atoms with E-state index in [2.05, 4.69) is 15.3 Å². The Morgan fingerprint density at radius 3 is 2.89 bits per heavy atom. The summed E-state index contributed by atoms with van der Waals surface area (Å²) in [6, 6.07) is 7.65. The maximum Gasteiger partial charge on any atom is 0.251 e. The Bertz CT molecular complexity index is 618. The first kappa shape index (κ1) is 12.1. The summed E-state index contributed by atoms with van der Waals surface area (Å²) in [5.74, 6) is 0.900. The molecule has 0 saturated carbocycles. The van der Waals surface area contributed by atoms with Gasteiger partial charge in [-0.1, -0.05) is 12.1 Å². The van der Waals surface area contributed by atoms with Crippen molar-refractivity contribution in [1.29, 1.82) is 0 Å².